The van der Waals surface area contributed by atoms with E-state index in [0.717, 1.165) is 5.75 Å². The van der Waals surface area contributed by atoms with Crippen molar-refractivity contribution in [2.75, 3.05) is 18.9 Å². The maximum absolute atomic E-state index is 12.4. The van der Waals surface area contributed by atoms with Crippen molar-refractivity contribution in [2.45, 2.75) is 13.0 Å². The maximum Gasteiger partial charge on any atom is 0.247 e. The van der Waals surface area contributed by atoms with Crippen LogP contribution >= 0.6 is 0 Å². The number of amides is 2. The number of likely N-dealkylation sites (N-methyl/N-ethyl adjacent to an activating group) is 1. The average Bonchev–Trinajstić information content (AvgIpc) is 3.24. The Morgan fingerprint density at radius 2 is 1.75 bits per heavy atom. The summed E-state index contributed by atoms with van der Waals surface area (Å²) in [6.45, 7) is 1.70. The summed E-state index contributed by atoms with van der Waals surface area (Å²) in [5.74, 6) is 0.945. The summed E-state index contributed by atoms with van der Waals surface area (Å²) >= 11 is 0. The standard InChI is InChI=1S/C21H22N4O3/c1-16(25-14-6-13-22-25)21(27)24(2)15-20(26)23-17-9-11-19(12-10-17)28-18-7-4-3-5-8-18/h3-14,16H,15H2,1-2H3,(H,23,26). The van der Waals surface area contributed by atoms with Crippen LogP contribution in [0.3, 0.4) is 0 Å². The lowest BCUT2D eigenvalue weighted by atomic mass is 10.2. The number of hydrogen-bond donors (Lipinski definition) is 1. The lowest BCUT2D eigenvalue weighted by Gasteiger charge is -2.21. The van der Waals surface area contributed by atoms with E-state index < -0.39 is 6.04 Å². The van der Waals surface area contributed by atoms with Gasteiger partial charge in [-0.05, 0) is 49.4 Å². The third kappa shape index (κ3) is 4.97. The molecule has 28 heavy (non-hydrogen) atoms. The van der Waals surface area contributed by atoms with Crippen molar-refractivity contribution < 1.29 is 14.3 Å². The van der Waals surface area contributed by atoms with Gasteiger partial charge >= 0.3 is 0 Å². The first-order valence-corrected chi connectivity index (χ1v) is 8.90. The maximum atomic E-state index is 12.4. The molecule has 2 amide bonds. The fraction of sp³-hybridized carbons (Fsp3) is 0.190. The number of rotatable bonds is 7. The molecule has 0 aliphatic rings. The van der Waals surface area contributed by atoms with Crippen LogP contribution in [0.5, 0.6) is 11.5 Å². The third-order valence-electron chi connectivity index (χ3n) is 4.15. The number of nitrogens with zero attached hydrogens (tertiary/aromatic N) is 3. The molecule has 3 rings (SSSR count). The van der Waals surface area contributed by atoms with Crippen LogP contribution in [0.2, 0.25) is 0 Å². The highest BCUT2D eigenvalue weighted by Crippen LogP contribution is 2.22. The lowest BCUT2D eigenvalue weighted by Crippen LogP contribution is -2.38. The van der Waals surface area contributed by atoms with E-state index in [0.29, 0.717) is 11.4 Å². The first kappa shape index (κ1) is 19.2. The van der Waals surface area contributed by atoms with Gasteiger partial charge in [-0.1, -0.05) is 18.2 Å². The highest BCUT2D eigenvalue weighted by molar-refractivity contribution is 5.94. The monoisotopic (exact) mass is 378 g/mol. The molecule has 1 aromatic heterocycles. The average molecular weight is 378 g/mol. The fourth-order valence-electron chi connectivity index (χ4n) is 2.67. The molecule has 0 aliphatic heterocycles. The van der Waals surface area contributed by atoms with Crippen molar-refractivity contribution >= 4 is 17.5 Å². The van der Waals surface area contributed by atoms with E-state index in [4.69, 9.17) is 4.74 Å². The van der Waals surface area contributed by atoms with Gasteiger partial charge in [-0.2, -0.15) is 5.10 Å². The molecule has 1 heterocycles. The highest BCUT2D eigenvalue weighted by atomic mass is 16.5. The molecule has 0 bridgehead atoms. The Morgan fingerprint density at radius 3 is 2.39 bits per heavy atom. The molecule has 0 spiro atoms. The van der Waals surface area contributed by atoms with E-state index in [1.165, 1.54) is 4.90 Å². The Bertz CT molecular complexity index is 909. The summed E-state index contributed by atoms with van der Waals surface area (Å²) in [6, 6.07) is 17.8. The Balaban J connectivity index is 1.52. The molecule has 3 aromatic rings. The second-order valence-electron chi connectivity index (χ2n) is 6.34. The third-order valence-corrected chi connectivity index (χ3v) is 4.15. The molecule has 1 unspecified atom stereocenters. The summed E-state index contributed by atoms with van der Waals surface area (Å²) in [5.41, 5.74) is 0.631. The van der Waals surface area contributed by atoms with Gasteiger partial charge in [0.05, 0.1) is 6.54 Å². The number of hydrogen-bond acceptors (Lipinski definition) is 4. The molecule has 2 aromatic carbocycles. The van der Waals surface area contributed by atoms with Crippen LogP contribution in [0.1, 0.15) is 13.0 Å². The second-order valence-corrected chi connectivity index (χ2v) is 6.34. The van der Waals surface area contributed by atoms with Gasteiger partial charge in [0.1, 0.15) is 17.5 Å². The number of ether oxygens (including phenoxy) is 1. The van der Waals surface area contributed by atoms with Crippen molar-refractivity contribution in [2.24, 2.45) is 0 Å². The minimum absolute atomic E-state index is 0.0489. The predicted octanol–water partition coefficient (Wildman–Crippen LogP) is 3.33. The molecule has 7 nitrogen and oxygen atoms in total. The van der Waals surface area contributed by atoms with E-state index >= 15 is 0 Å². The molecule has 7 heteroatoms. The Morgan fingerprint density at radius 1 is 1.07 bits per heavy atom. The number of nitrogens with one attached hydrogen (secondary N) is 1. The van der Waals surface area contributed by atoms with E-state index in [-0.39, 0.29) is 18.4 Å². The van der Waals surface area contributed by atoms with Gasteiger partial charge in [-0.25, -0.2) is 0 Å². The molecule has 0 saturated heterocycles. The van der Waals surface area contributed by atoms with Crippen molar-refractivity contribution in [3.63, 3.8) is 0 Å². The van der Waals surface area contributed by atoms with Gasteiger partial charge < -0.3 is 15.0 Å². The minimum atomic E-state index is -0.470. The highest BCUT2D eigenvalue weighted by Gasteiger charge is 2.21. The van der Waals surface area contributed by atoms with Crippen molar-refractivity contribution in [1.82, 2.24) is 14.7 Å². The SMILES string of the molecule is CC(C(=O)N(C)CC(=O)Nc1ccc(Oc2ccccc2)cc1)n1cccn1. The lowest BCUT2D eigenvalue weighted by molar-refractivity contribution is -0.136. The van der Waals surface area contributed by atoms with Gasteiger partial charge in [0.2, 0.25) is 11.8 Å². The largest absolute Gasteiger partial charge is 0.457 e. The normalized spacial score (nSPS) is 11.5. The summed E-state index contributed by atoms with van der Waals surface area (Å²) in [6.07, 6.45) is 3.33. The molecule has 144 valence electrons. The Labute approximate surface area is 163 Å². The Hall–Kier alpha value is -3.61. The quantitative estimate of drug-likeness (QED) is 0.684. The molecule has 0 aliphatic carbocycles. The van der Waals surface area contributed by atoms with Crippen LogP contribution < -0.4 is 10.1 Å². The van der Waals surface area contributed by atoms with Crippen molar-refractivity contribution in [1.29, 1.82) is 0 Å². The zero-order valence-electron chi connectivity index (χ0n) is 15.8. The van der Waals surface area contributed by atoms with E-state index in [9.17, 15) is 9.59 Å². The van der Waals surface area contributed by atoms with Gasteiger partial charge in [0.15, 0.2) is 0 Å². The Kier molecular flexibility index (Phi) is 6.06. The fourth-order valence-corrected chi connectivity index (χ4v) is 2.67. The first-order chi connectivity index (χ1) is 13.5. The molecule has 1 N–H and O–H groups in total. The van der Waals surface area contributed by atoms with Crippen LogP contribution in [-0.4, -0.2) is 40.1 Å². The number of anilines is 1. The van der Waals surface area contributed by atoms with E-state index in [2.05, 4.69) is 10.4 Å². The number of para-hydroxylation sites is 1. The summed E-state index contributed by atoms with van der Waals surface area (Å²) in [5, 5.41) is 6.84. The molecular formula is C21H22N4O3. The van der Waals surface area contributed by atoms with Crippen LogP contribution in [0.25, 0.3) is 0 Å². The second kappa shape index (κ2) is 8.85. The van der Waals surface area contributed by atoms with Gasteiger partial charge in [0, 0.05) is 25.1 Å². The molecular weight excluding hydrogens is 356 g/mol. The zero-order valence-corrected chi connectivity index (χ0v) is 15.8. The van der Waals surface area contributed by atoms with Gasteiger partial charge in [0.25, 0.3) is 0 Å². The number of benzene rings is 2. The van der Waals surface area contributed by atoms with Gasteiger partial charge in [-0.3, -0.25) is 14.3 Å². The predicted molar refractivity (Wildman–Crippen MR) is 106 cm³/mol. The van der Waals surface area contributed by atoms with Crippen LogP contribution in [0, 0.1) is 0 Å². The van der Waals surface area contributed by atoms with E-state index in [1.807, 2.05) is 30.3 Å². The molecule has 0 radical (unpaired) electrons. The minimum Gasteiger partial charge on any atom is -0.457 e. The van der Waals surface area contributed by atoms with Crippen LogP contribution in [-0.2, 0) is 9.59 Å². The van der Waals surface area contributed by atoms with Crippen molar-refractivity contribution in [3.8, 4) is 11.5 Å². The molecule has 0 saturated carbocycles. The van der Waals surface area contributed by atoms with Crippen molar-refractivity contribution in [3.05, 3.63) is 73.1 Å². The van der Waals surface area contributed by atoms with Crippen LogP contribution in [0.15, 0.2) is 73.1 Å². The van der Waals surface area contributed by atoms with E-state index in [1.54, 1.807) is 61.4 Å². The topological polar surface area (TPSA) is 76.5 Å². The van der Waals surface area contributed by atoms with Crippen LogP contribution in [0.4, 0.5) is 5.69 Å². The van der Waals surface area contributed by atoms with Gasteiger partial charge in [-0.15, -0.1) is 0 Å². The summed E-state index contributed by atoms with van der Waals surface area (Å²) < 4.78 is 7.28. The summed E-state index contributed by atoms with van der Waals surface area (Å²) in [4.78, 5) is 26.1. The zero-order chi connectivity index (χ0) is 19.9. The number of aromatic nitrogens is 2. The molecule has 1 atom stereocenters. The number of carbonyl (C=O) groups excluding carboxylic acids is 2. The molecule has 0 fully saturated rings. The smallest absolute Gasteiger partial charge is 0.247 e. The first-order valence-electron chi connectivity index (χ1n) is 8.90. The summed E-state index contributed by atoms with van der Waals surface area (Å²) in [7, 11) is 1.60. The number of carbonyl (C=O) groups is 2.